The molecule has 11 rings (SSSR count). The summed E-state index contributed by atoms with van der Waals surface area (Å²) in [6.07, 6.45) is 8.30. The molecule has 5 N–H and O–H groups in total. The van der Waals surface area contributed by atoms with E-state index >= 15 is 4.39 Å². The zero-order valence-electron chi connectivity index (χ0n) is 44.3. The predicted octanol–water partition coefficient (Wildman–Crippen LogP) is 6.69. The average Bonchev–Trinajstić information content (AvgIpc) is 4.23. The number of amides is 2. The number of rotatable bonds is 18. The van der Waals surface area contributed by atoms with Crippen molar-refractivity contribution < 1.29 is 42.9 Å². The first-order chi connectivity index (χ1) is 37.7. The summed E-state index contributed by atoms with van der Waals surface area (Å²) >= 11 is 1.37. The number of nitrogen functional groups attached to an aromatic ring is 1. The van der Waals surface area contributed by atoms with Crippen LogP contribution in [0.3, 0.4) is 0 Å². The number of aromatic nitrogens is 6. The Hall–Kier alpha value is -7.01. The van der Waals surface area contributed by atoms with Crippen LogP contribution in [-0.2, 0) is 14.3 Å². The fraction of sp³-hybridized carbons (Fsp3) is 0.500. The van der Waals surface area contributed by atoms with Gasteiger partial charge < -0.3 is 54.7 Å². The Morgan fingerprint density at radius 2 is 1.69 bits per heavy atom. The molecule has 4 aliphatic heterocycles. The van der Waals surface area contributed by atoms with Gasteiger partial charge in [0.2, 0.25) is 17.7 Å². The van der Waals surface area contributed by atoms with Crippen molar-refractivity contribution in [2.45, 2.75) is 127 Å². The summed E-state index contributed by atoms with van der Waals surface area (Å²) < 4.78 is 40.0. The number of nitrogens with one attached hydrogen (secondary N) is 1. The molecular weight excluding hydrogens is 1020 g/mol. The summed E-state index contributed by atoms with van der Waals surface area (Å²) in [4.78, 5) is 50.5. The van der Waals surface area contributed by atoms with Gasteiger partial charge in [-0.3, -0.25) is 19.5 Å². The van der Waals surface area contributed by atoms with E-state index in [1.165, 1.54) is 28.5 Å². The monoisotopic (exact) mass is 1090 g/mol. The highest BCUT2D eigenvalue weighted by Gasteiger charge is 2.45. The highest BCUT2D eigenvalue weighted by atomic mass is 32.1. The molecule has 5 fully saturated rings. The summed E-state index contributed by atoms with van der Waals surface area (Å²) in [5, 5.41) is 36.7. The lowest BCUT2D eigenvalue weighted by atomic mass is 9.91. The van der Waals surface area contributed by atoms with E-state index in [2.05, 4.69) is 62.5 Å². The number of pyridine rings is 2. The van der Waals surface area contributed by atoms with E-state index in [-0.39, 0.29) is 72.4 Å². The number of phenols is 1. The van der Waals surface area contributed by atoms with E-state index in [1.54, 1.807) is 30.6 Å². The number of carbonyl (C=O) groups is 2. The number of halogens is 1. The SMILES string of the molecule is Cc1ncsc1-c1cc(F)c([C@H](C)NC(=O)[C@@H]2C[C@@H](O)CN2C(=O)[C@@H](c2cc(OCCN3CCC(O[C@H]4C[C@H](Oc5cc(N6C7CCC6CN(c6cc(-c8ccccc8O)nnc6N)C7)ccn5)C4)CC3)no2)C(C)C)cn1. The van der Waals surface area contributed by atoms with Crippen molar-refractivity contribution in [3.05, 3.63) is 95.3 Å². The average molecular weight is 1090 g/mol. The Balaban J connectivity index is 0.604. The van der Waals surface area contributed by atoms with Gasteiger partial charge >= 0.3 is 0 Å². The van der Waals surface area contributed by atoms with Crippen LogP contribution in [0, 0.1) is 18.7 Å². The Morgan fingerprint density at radius 3 is 2.42 bits per heavy atom. The fourth-order valence-electron chi connectivity index (χ4n) is 11.9. The molecule has 78 heavy (non-hydrogen) atoms. The second-order valence-corrected chi connectivity index (χ2v) is 22.6. The number of ether oxygens (including phenoxy) is 3. The van der Waals surface area contributed by atoms with Gasteiger partial charge in [-0.05, 0) is 74.9 Å². The number of aliphatic hydroxyl groups is 1. The molecular formula is C56H67FN12O8S. The Bertz CT molecular complexity index is 3080. The molecule has 22 heteroatoms. The van der Waals surface area contributed by atoms with Gasteiger partial charge in [-0.15, -0.1) is 21.5 Å². The first kappa shape index (κ1) is 53.0. The minimum atomic E-state index is -0.977. The summed E-state index contributed by atoms with van der Waals surface area (Å²) in [5.74, 6) is -0.712. The second kappa shape index (κ2) is 22.8. The van der Waals surface area contributed by atoms with Crippen LogP contribution in [0.4, 0.5) is 21.6 Å². The molecule has 1 aliphatic carbocycles. The molecule has 5 aliphatic rings. The fourth-order valence-corrected chi connectivity index (χ4v) is 12.6. The number of benzene rings is 1. The maximum atomic E-state index is 15.4. The van der Waals surface area contributed by atoms with Crippen LogP contribution in [0.5, 0.6) is 17.5 Å². The highest BCUT2D eigenvalue weighted by Crippen LogP contribution is 2.41. The number of nitrogens with two attached hydrogens (primary N) is 1. The maximum Gasteiger partial charge on any atom is 0.254 e. The number of aromatic hydroxyl groups is 1. The van der Waals surface area contributed by atoms with Crippen molar-refractivity contribution in [2.75, 3.05) is 61.4 Å². The van der Waals surface area contributed by atoms with Crippen LogP contribution >= 0.6 is 11.3 Å². The van der Waals surface area contributed by atoms with Crippen LogP contribution in [-0.4, -0.2) is 151 Å². The lowest BCUT2D eigenvalue weighted by Gasteiger charge is -2.43. The summed E-state index contributed by atoms with van der Waals surface area (Å²) in [7, 11) is 0. The number of hydrogen-bond donors (Lipinski definition) is 4. The lowest BCUT2D eigenvalue weighted by molar-refractivity contribution is -0.141. The van der Waals surface area contributed by atoms with Crippen molar-refractivity contribution in [3.8, 4) is 39.3 Å². The van der Waals surface area contributed by atoms with Crippen molar-refractivity contribution in [3.63, 3.8) is 0 Å². The predicted molar refractivity (Wildman–Crippen MR) is 290 cm³/mol. The number of thiazole rings is 1. The second-order valence-electron chi connectivity index (χ2n) is 21.7. The molecule has 0 radical (unpaired) electrons. The summed E-state index contributed by atoms with van der Waals surface area (Å²) in [6.45, 7) is 11.6. The minimum Gasteiger partial charge on any atom is -0.507 e. The van der Waals surface area contributed by atoms with Crippen molar-refractivity contribution >= 4 is 40.3 Å². The minimum absolute atomic E-state index is 0.0345. The molecule has 20 nitrogen and oxygen atoms in total. The number of nitrogens with zero attached hydrogens (tertiary/aromatic N) is 10. The van der Waals surface area contributed by atoms with E-state index in [1.807, 2.05) is 45.2 Å². The molecule has 1 saturated carbocycles. The van der Waals surface area contributed by atoms with Gasteiger partial charge in [-0.25, -0.2) is 14.4 Å². The molecule has 5 aromatic heterocycles. The number of carbonyl (C=O) groups excluding carboxylic acids is 2. The standard InChI is InChI=1S/C56H67FN12O8S/c1-31(2)52(56(73)68-29-37(70)20-47(68)55(72)62-32(3)42-26-60-45(23-43(42)57)53-33(4)61-30-78-53)49-25-51(65-77-49)74-18-17-66-15-12-38(13-16-66)75-39-21-40(22-39)76-50-19-34(11-14-59-50)69-35-9-10-36(69)28-67(27-35)46-24-44(63-64-54(46)58)41-7-5-6-8-48(41)71/h5-8,11,14,19,23-26,30-32,35-40,47,52,70-71H,9-10,12-13,15-18,20-22,27-29H2,1-4H3,(H2,58,64)(H,62,72)/t32-,35?,36?,37+,39-,40-,47-,52+/m0/s1. The highest BCUT2D eigenvalue weighted by molar-refractivity contribution is 7.13. The van der Waals surface area contributed by atoms with E-state index in [0.717, 1.165) is 86.6 Å². The molecule has 4 saturated heterocycles. The van der Waals surface area contributed by atoms with Crippen LogP contribution in [0.25, 0.3) is 21.8 Å². The normalized spacial score (nSPS) is 23.3. The van der Waals surface area contributed by atoms with Crippen LogP contribution in [0.15, 0.2) is 77.0 Å². The van der Waals surface area contributed by atoms with E-state index in [4.69, 9.17) is 24.5 Å². The van der Waals surface area contributed by atoms with Crippen molar-refractivity contribution in [2.24, 2.45) is 5.92 Å². The third kappa shape index (κ3) is 11.3. The first-order valence-electron chi connectivity index (χ1n) is 27.1. The zero-order valence-corrected chi connectivity index (χ0v) is 45.1. The lowest BCUT2D eigenvalue weighted by Crippen LogP contribution is -2.54. The van der Waals surface area contributed by atoms with Gasteiger partial charge in [0.05, 0.1) is 57.5 Å². The molecule has 6 aromatic rings. The number of piperidine rings is 1. The number of aliphatic hydroxyl groups excluding tert-OH is 1. The van der Waals surface area contributed by atoms with E-state index in [0.29, 0.717) is 47.6 Å². The number of anilines is 3. The number of para-hydroxylation sites is 1. The number of likely N-dealkylation sites (tertiary alicyclic amines) is 2. The number of fused-ring (bicyclic) bond motifs is 2. The summed E-state index contributed by atoms with van der Waals surface area (Å²) in [5.41, 5.74) is 12.6. The van der Waals surface area contributed by atoms with Gasteiger partial charge in [-0.2, -0.15) is 0 Å². The quantitative estimate of drug-likeness (QED) is 0.0701. The number of hydrogen-bond acceptors (Lipinski definition) is 19. The van der Waals surface area contributed by atoms with Crippen LogP contribution < -0.4 is 30.3 Å². The summed E-state index contributed by atoms with van der Waals surface area (Å²) in [6, 6.07) is 15.0. The molecule has 2 bridgehead atoms. The van der Waals surface area contributed by atoms with Crippen molar-refractivity contribution in [1.82, 2.24) is 45.4 Å². The Labute approximate surface area is 456 Å². The molecule has 0 spiro atoms. The maximum absolute atomic E-state index is 15.4. The van der Waals surface area contributed by atoms with Gasteiger partial charge in [-0.1, -0.05) is 26.0 Å². The third-order valence-corrected chi connectivity index (χ3v) is 17.0. The Morgan fingerprint density at radius 1 is 0.910 bits per heavy atom. The smallest absolute Gasteiger partial charge is 0.254 e. The molecule has 1 aromatic carbocycles. The van der Waals surface area contributed by atoms with Gasteiger partial charge in [0.25, 0.3) is 5.88 Å². The topological polar surface area (TPSA) is 244 Å². The van der Waals surface area contributed by atoms with Gasteiger partial charge in [0, 0.05) is 118 Å². The molecule has 2 unspecified atom stereocenters. The number of aryl methyl sites for hydroxylation is 1. The molecule has 2 amide bonds. The molecule has 6 atom stereocenters. The zero-order chi connectivity index (χ0) is 54.2. The largest absolute Gasteiger partial charge is 0.507 e. The van der Waals surface area contributed by atoms with Crippen LogP contribution in [0.1, 0.15) is 94.7 Å². The Kier molecular flexibility index (Phi) is 15.5. The van der Waals surface area contributed by atoms with Gasteiger partial charge in [0.15, 0.2) is 11.6 Å². The number of piperazine rings is 1. The first-order valence-corrected chi connectivity index (χ1v) is 28.0. The van der Waals surface area contributed by atoms with E-state index in [9.17, 15) is 19.8 Å². The van der Waals surface area contributed by atoms with Crippen LogP contribution in [0.2, 0.25) is 0 Å². The third-order valence-electron chi connectivity index (χ3n) is 16.0. The van der Waals surface area contributed by atoms with Gasteiger partial charge in [0.1, 0.15) is 36.2 Å². The number of phenolic OH excluding ortho intramolecular Hbond substituents is 1. The molecule has 412 valence electrons. The number of β-amino-alcohol motifs (C(OH)–C–C–N with tert-alkyl or cyclic N) is 1. The van der Waals surface area contributed by atoms with Crippen molar-refractivity contribution in [1.29, 1.82) is 0 Å². The van der Waals surface area contributed by atoms with E-state index < -0.39 is 35.8 Å². The molecule has 9 heterocycles.